The molecule has 0 spiro atoms. The Hall–Kier alpha value is -1.88. The van der Waals surface area contributed by atoms with E-state index in [1.807, 2.05) is 32.0 Å². The largest absolute Gasteiger partial charge is 0.398 e. The maximum absolute atomic E-state index is 5.84. The SMILES string of the molecule is COC(C)c1noc(-c2ccc(C)c(N)c2)n1. The topological polar surface area (TPSA) is 74.2 Å². The lowest BCUT2D eigenvalue weighted by atomic mass is 10.1. The zero-order chi connectivity index (χ0) is 12.4. The van der Waals surface area contributed by atoms with Crippen molar-refractivity contribution in [2.75, 3.05) is 12.8 Å². The molecule has 5 heteroatoms. The van der Waals surface area contributed by atoms with E-state index in [1.54, 1.807) is 7.11 Å². The Kier molecular flexibility index (Phi) is 3.10. The molecule has 90 valence electrons. The second-order valence-electron chi connectivity index (χ2n) is 3.91. The van der Waals surface area contributed by atoms with Crippen LogP contribution in [0.15, 0.2) is 22.7 Å². The van der Waals surface area contributed by atoms with Gasteiger partial charge in [-0.25, -0.2) is 0 Å². The summed E-state index contributed by atoms with van der Waals surface area (Å²) in [6, 6.07) is 5.65. The van der Waals surface area contributed by atoms with Gasteiger partial charge in [0.2, 0.25) is 5.82 Å². The summed E-state index contributed by atoms with van der Waals surface area (Å²) in [5, 5.41) is 3.86. The lowest BCUT2D eigenvalue weighted by Gasteiger charge is -2.02. The number of hydrogen-bond acceptors (Lipinski definition) is 5. The fraction of sp³-hybridized carbons (Fsp3) is 0.333. The van der Waals surface area contributed by atoms with E-state index in [0.29, 0.717) is 17.4 Å². The minimum atomic E-state index is -0.185. The van der Waals surface area contributed by atoms with E-state index in [1.165, 1.54) is 0 Å². The summed E-state index contributed by atoms with van der Waals surface area (Å²) in [6.07, 6.45) is -0.185. The summed E-state index contributed by atoms with van der Waals surface area (Å²) < 4.78 is 10.3. The number of nitrogen functional groups attached to an aromatic ring is 1. The van der Waals surface area contributed by atoms with Gasteiger partial charge in [-0.05, 0) is 31.5 Å². The molecule has 0 amide bonds. The Morgan fingerprint density at radius 2 is 2.18 bits per heavy atom. The molecule has 1 unspecified atom stereocenters. The van der Waals surface area contributed by atoms with Gasteiger partial charge < -0.3 is 15.0 Å². The molecule has 1 aromatic heterocycles. The van der Waals surface area contributed by atoms with Crippen molar-refractivity contribution in [1.29, 1.82) is 0 Å². The van der Waals surface area contributed by atoms with Crippen LogP contribution in [0.1, 0.15) is 24.4 Å². The quantitative estimate of drug-likeness (QED) is 0.823. The van der Waals surface area contributed by atoms with Crippen LogP contribution in [0, 0.1) is 6.92 Å². The highest BCUT2D eigenvalue weighted by Crippen LogP contribution is 2.23. The first-order valence-electron chi connectivity index (χ1n) is 5.34. The van der Waals surface area contributed by atoms with Gasteiger partial charge >= 0.3 is 0 Å². The van der Waals surface area contributed by atoms with Crippen molar-refractivity contribution in [3.63, 3.8) is 0 Å². The highest BCUT2D eigenvalue weighted by atomic mass is 16.5. The smallest absolute Gasteiger partial charge is 0.258 e. The number of ether oxygens (including phenoxy) is 1. The van der Waals surface area contributed by atoms with Crippen molar-refractivity contribution in [2.45, 2.75) is 20.0 Å². The van der Waals surface area contributed by atoms with Crippen LogP contribution in [-0.4, -0.2) is 17.3 Å². The Morgan fingerprint density at radius 1 is 1.41 bits per heavy atom. The first kappa shape index (κ1) is 11.6. The third-order valence-corrected chi connectivity index (χ3v) is 2.69. The lowest BCUT2D eigenvalue weighted by Crippen LogP contribution is -1.97. The molecule has 1 atom stereocenters. The third-order valence-electron chi connectivity index (χ3n) is 2.69. The normalized spacial score (nSPS) is 12.6. The summed E-state index contributed by atoms with van der Waals surface area (Å²) in [5.74, 6) is 0.984. The third kappa shape index (κ3) is 2.29. The standard InChI is InChI=1S/C12H15N3O2/c1-7-4-5-9(6-10(7)13)12-14-11(15-17-12)8(2)16-3/h4-6,8H,13H2,1-3H3. The molecule has 0 aliphatic heterocycles. The van der Waals surface area contributed by atoms with Gasteiger partial charge in [-0.3, -0.25) is 0 Å². The predicted molar refractivity (Wildman–Crippen MR) is 64.3 cm³/mol. The number of aromatic nitrogens is 2. The van der Waals surface area contributed by atoms with Crippen LogP contribution in [0.2, 0.25) is 0 Å². The minimum absolute atomic E-state index is 0.185. The zero-order valence-electron chi connectivity index (χ0n) is 10.1. The van der Waals surface area contributed by atoms with Crippen molar-refractivity contribution in [2.24, 2.45) is 0 Å². The highest BCUT2D eigenvalue weighted by molar-refractivity contribution is 5.62. The van der Waals surface area contributed by atoms with Gasteiger partial charge in [0.05, 0.1) is 0 Å². The second-order valence-corrected chi connectivity index (χ2v) is 3.91. The van der Waals surface area contributed by atoms with Gasteiger partial charge in [0.15, 0.2) is 0 Å². The minimum Gasteiger partial charge on any atom is -0.398 e. The van der Waals surface area contributed by atoms with Crippen molar-refractivity contribution >= 4 is 5.69 Å². The van der Waals surface area contributed by atoms with Gasteiger partial charge in [-0.1, -0.05) is 11.2 Å². The van der Waals surface area contributed by atoms with Crippen molar-refractivity contribution in [1.82, 2.24) is 10.1 Å². The predicted octanol–water partition coefficient (Wildman–Crippen LogP) is 2.33. The summed E-state index contributed by atoms with van der Waals surface area (Å²) in [4.78, 5) is 4.26. The van der Waals surface area contributed by atoms with E-state index in [-0.39, 0.29) is 6.10 Å². The van der Waals surface area contributed by atoms with Crippen LogP contribution < -0.4 is 5.73 Å². The van der Waals surface area contributed by atoms with E-state index < -0.39 is 0 Å². The van der Waals surface area contributed by atoms with Crippen LogP contribution in [0.5, 0.6) is 0 Å². The molecule has 17 heavy (non-hydrogen) atoms. The van der Waals surface area contributed by atoms with Crippen molar-refractivity contribution < 1.29 is 9.26 Å². The van der Waals surface area contributed by atoms with E-state index in [0.717, 1.165) is 11.1 Å². The maximum Gasteiger partial charge on any atom is 0.258 e. The Morgan fingerprint density at radius 3 is 2.82 bits per heavy atom. The monoisotopic (exact) mass is 233 g/mol. The lowest BCUT2D eigenvalue weighted by molar-refractivity contribution is 0.109. The molecule has 2 N–H and O–H groups in total. The molecule has 5 nitrogen and oxygen atoms in total. The van der Waals surface area contributed by atoms with E-state index in [2.05, 4.69) is 10.1 Å². The number of hydrogen-bond donors (Lipinski definition) is 1. The van der Waals surface area contributed by atoms with Crippen molar-refractivity contribution in [3.05, 3.63) is 29.6 Å². The summed E-state index contributed by atoms with van der Waals surface area (Å²) in [7, 11) is 1.60. The molecule has 0 bridgehead atoms. The molecule has 0 saturated carbocycles. The van der Waals surface area contributed by atoms with Crippen molar-refractivity contribution in [3.8, 4) is 11.5 Å². The first-order chi connectivity index (χ1) is 8.11. The number of anilines is 1. The average Bonchev–Trinajstić information content (AvgIpc) is 2.81. The number of methoxy groups -OCH3 is 1. The van der Waals surface area contributed by atoms with Gasteiger partial charge in [-0.2, -0.15) is 4.98 Å². The van der Waals surface area contributed by atoms with E-state index in [4.69, 9.17) is 15.0 Å². The average molecular weight is 233 g/mol. The first-order valence-corrected chi connectivity index (χ1v) is 5.34. The van der Waals surface area contributed by atoms with Gasteiger partial charge in [0.1, 0.15) is 6.10 Å². The molecule has 0 aliphatic carbocycles. The maximum atomic E-state index is 5.84. The zero-order valence-corrected chi connectivity index (χ0v) is 10.1. The number of rotatable bonds is 3. The van der Waals surface area contributed by atoms with E-state index >= 15 is 0 Å². The number of benzene rings is 1. The van der Waals surface area contributed by atoms with Crippen LogP contribution in [0.3, 0.4) is 0 Å². The van der Waals surface area contributed by atoms with Crippen LogP contribution in [-0.2, 0) is 4.74 Å². The molecule has 2 rings (SSSR count). The highest BCUT2D eigenvalue weighted by Gasteiger charge is 2.14. The number of aryl methyl sites for hydroxylation is 1. The fourth-order valence-corrected chi connectivity index (χ4v) is 1.40. The molecule has 0 fully saturated rings. The molecule has 1 aromatic carbocycles. The number of nitrogens with zero attached hydrogens (tertiary/aromatic N) is 2. The molecular weight excluding hydrogens is 218 g/mol. The Balaban J connectivity index is 2.33. The van der Waals surface area contributed by atoms with Gasteiger partial charge in [0.25, 0.3) is 5.89 Å². The van der Waals surface area contributed by atoms with Crippen LogP contribution >= 0.6 is 0 Å². The molecule has 0 saturated heterocycles. The van der Waals surface area contributed by atoms with Gasteiger partial charge in [0, 0.05) is 18.4 Å². The molecule has 1 heterocycles. The van der Waals surface area contributed by atoms with E-state index in [9.17, 15) is 0 Å². The Bertz CT molecular complexity index is 522. The molecule has 0 radical (unpaired) electrons. The second kappa shape index (κ2) is 4.55. The molecule has 2 aromatic rings. The molecular formula is C12H15N3O2. The Labute approximate surface area is 99.6 Å². The van der Waals surface area contributed by atoms with Crippen LogP contribution in [0.4, 0.5) is 5.69 Å². The molecule has 0 aliphatic rings. The van der Waals surface area contributed by atoms with Gasteiger partial charge in [-0.15, -0.1) is 0 Å². The number of nitrogens with two attached hydrogens (primary N) is 1. The fourth-order valence-electron chi connectivity index (χ4n) is 1.40. The van der Waals surface area contributed by atoms with Crippen LogP contribution in [0.25, 0.3) is 11.5 Å². The summed E-state index contributed by atoms with van der Waals surface area (Å²) in [5.41, 5.74) is 8.39. The summed E-state index contributed by atoms with van der Waals surface area (Å²) in [6.45, 7) is 3.81. The summed E-state index contributed by atoms with van der Waals surface area (Å²) >= 11 is 0.